The van der Waals surface area contributed by atoms with Crippen molar-refractivity contribution in [2.75, 3.05) is 26.5 Å². The van der Waals surface area contributed by atoms with E-state index in [-0.39, 0.29) is 18.9 Å². The first kappa shape index (κ1) is 18.0. The molecule has 1 unspecified atom stereocenters. The van der Waals surface area contributed by atoms with Gasteiger partial charge in [0.05, 0.1) is 23.4 Å². The molecule has 1 aromatic carbocycles. The van der Waals surface area contributed by atoms with E-state index < -0.39 is 15.7 Å². The lowest BCUT2D eigenvalue weighted by Crippen LogP contribution is -2.30. The van der Waals surface area contributed by atoms with Gasteiger partial charge in [0.15, 0.2) is 0 Å². The van der Waals surface area contributed by atoms with Gasteiger partial charge in [-0.15, -0.1) is 0 Å². The van der Waals surface area contributed by atoms with E-state index in [9.17, 15) is 13.8 Å². The van der Waals surface area contributed by atoms with Crippen molar-refractivity contribution < 1.29 is 23.3 Å². The largest absolute Gasteiger partial charge is 0.494 e. The number of hydrogen-bond donors (Lipinski definition) is 2. The fourth-order valence-electron chi connectivity index (χ4n) is 1.55. The van der Waals surface area contributed by atoms with Gasteiger partial charge in [0.2, 0.25) is 5.91 Å². The minimum Gasteiger partial charge on any atom is -0.494 e. The molecule has 0 aromatic heterocycles. The molecule has 0 aliphatic rings. The predicted molar refractivity (Wildman–Crippen MR) is 81.2 cm³/mol. The Morgan fingerprint density at radius 1 is 1.27 bits per heavy atom. The van der Waals surface area contributed by atoms with Gasteiger partial charge in [-0.05, 0) is 30.7 Å². The van der Waals surface area contributed by atoms with Gasteiger partial charge in [0.25, 0.3) is 0 Å². The van der Waals surface area contributed by atoms with Crippen LogP contribution in [0.2, 0.25) is 0 Å². The lowest BCUT2D eigenvalue weighted by Gasteiger charge is -2.07. The topological polar surface area (TPSA) is 106 Å². The van der Waals surface area contributed by atoms with Gasteiger partial charge in [0.1, 0.15) is 12.3 Å². The number of hydrogen-bond acceptors (Lipinski definition) is 6. The molecule has 0 radical (unpaired) electrons. The van der Waals surface area contributed by atoms with Gasteiger partial charge < -0.3 is 14.8 Å². The van der Waals surface area contributed by atoms with Crippen LogP contribution >= 0.6 is 0 Å². The van der Waals surface area contributed by atoms with Gasteiger partial charge >= 0.3 is 5.97 Å². The number of methoxy groups -OCH3 is 1. The minimum absolute atomic E-state index is 0.138. The summed E-state index contributed by atoms with van der Waals surface area (Å²) < 4.78 is 28.8. The average Bonchev–Trinajstić information content (AvgIpc) is 2.48. The summed E-state index contributed by atoms with van der Waals surface area (Å²) in [6, 6.07) is 6.47. The molecule has 122 valence electrons. The number of ether oxygens (including phenoxy) is 2. The van der Waals surface area contributed by atoms with Crippen LogP contribution in [0.15, 0.2) is 29.2 Å². The molecule has 8 heteroatoms. The van der Waals surface area contributed by atoms with Crippen LogP contribution in [0.3, 0.4) is 0 Å². The molecular weight excluding hydrogens is 308 g/mol. The van der Waals surface area contributed by atoms with Crippen LogP contribution in [0.4, 0.5) is 0 Å². The molecule has 1 rings (SSSR count). The normalized spacial score (nSPS) is 13.0. The van der Waals surface area contributed by atoms with Crippen molar-refractivity contribution in [3.63, 3.8) is 0 Å². The molecule has 0 aliphatic heterocycles. The zero-order chi connectivity index (χ0) is 16.6. The molecule has 0 heterocycles. The number of carbonyl (C=O) groups is 2. The van der Waals surface area contributed by atoms with Crippen molar-refractivity contribution in [3.05, 3.63) is 24.3 Å². The summed E-state index contributed by atoms with van der Waals surface area (Å²) in [5.41, 5.74) is 0. The van der Waals surface area contributed by atoms with E-state index in [0.717, 1.165) is 0 Å². The third-order valence-corrected chi connectivity index (χ3v) is 3.92. The van der Waals surface area contributed by atoms with Crippen molar-refractivity contribution in [3.8, 4) is 5.75 Å². The van der Waals surface area contributed by atoms with Crippen LogP contribution in [0, 0.1) is 4.78 Å². The molecule has 1 amide bonds. The highest BCUT2D eigenvalue weighted by atomic mass is 32.2. The lowest BCUT2D eigenvalue weighted by atomic mass is 10.3. The van der Waals surface area contributed by atoms with Gasteiger partial charge in [-0.25, -0.2) is 8.99 Å². The van der Waals surface area contributed by atoms with Crippen molar-refractivity contribution >= 4 is 21.6 Å². The summed E-state index contributed by atoms with van der Waals surface area (Å²) in [5, 5.41) is 2.43. The lowest BCUT2D eigenvalue weighted by molar-refractivity contribution is -0.141. The van der Waals surface area contributed by atoms with Gasteiger partial charge in [0, 0.05) is 17.6 Å². The zero-order valence-corrected chi connectivity index (χ0v) is 13.4. The third-order valence-electron chi connectivity index (χ3n) is 2.75. The van der Waals surface area contributed by atoms with E-state index in [2.05, 4.69) is 10.1 Å². The van der Waals surface area contributed by atoms with E-state index in [1.807, 2.05) is 0 Å². The molecule has 0 bridgehead atoms. The Kier molecular flexibility index (Phi) is 6.84. The summed E-state index contributed by atoms with van der Waals surface area (Å²) in [4.78, 5) is 22.7. The molecule has 1 atom stereocenters. The minimum atomic E-state index is -2.72. The van der Waals surface area contributed by atoms with Crippen LogP contribution in [0.5, 0.6) is 5.75 Å². The maximum absolute atomic E-state index is 11.5. The van der Waals surface area contributed by atoms with E-state index in [4.69, 9.17) is 9.52 Å². The van der Waals surface area contributed by atoms with E-state index in [1.165, 1.54) is 13.4 Å². The fraction of sp³-hybridized carbons (Fsp3) is 0.429. The molecule has 0 spiro atoms. The molecule has 0 saturated carbocycles. The Morgan fingerprint density at radius 2 is 1.91 bits per heavy atom. The molecule has 1 aromatic rings. The first-order chi connectivity index (χ1) is 10.3. The number of nitrogens with one attached hydrogen (secondary N) is 2. The smallest absolute Gasteiger partial charge is 0.325 e. The first-order valence-corrected chi connectivity index (χ1v) is 8.59. The third kappa shape index (κ3) is 6.57. The van der Waals surface area contributed by atoms with Gasteiger partial charge in [-0.2, -0.15) is 0 Å². The highest BCUT2D eigenvalue weighted by molar-refractivity contribution is 7.91. The first-order valence-electron chi connectivity index (χ1n) is 6.63. The summed E-state index contributed by atoms with van der Waals surface area (Å²) in [5.74, 6) is -0.154. The van der Waals surface area contributed by atoms with Crippen LogP contribution in [0.25, 0.3) is 0 Å². The number of amides is 1. The van der Waals surface area contributed by atoms with E-state index in [0.29, 0.717) is 23.7 Å². The Bertz CT molecular complexity index is 611. The molecule has 0 fully saturated rings. The second kappa shape index (κ2) is 8.38. The molecule has 2 N–H and O–H groups in total. The molecule has 0 saturated heterocycles. The standard InChI is InChI=1S/C14H20N2O5S/c1-20-14(18)10-16-13(17)4-3-9-21-11-5-7-12(8-6-11)22(2,15)19/h5-8,15H,3-4,9-10H2,1-2H3,(H,16,17). The Morgan fingerprint density at radius 3 is 2.45 bits per heavy atom. The summed E-state index contributed by atoms with van der Waals surface area (Å²) in [7, 11) is -1.46. The number of rotatable bonds is 8. The Balaban J connectivity index is 2.27. The summed E-state index contributed by atoms with van der Waals surface area (Å²) >= 11 is 0. The monoisotopic (exact) mass is 328 g/mol. The molecule has 0 aliphatic carbocycles. The SMILES string of the molecule is COC(=O)CNC(=O)CCCOc1ccc(S(C)(=N)=O)cc1. The van der Waals surface area contributed by atoms with Crippen molar-refractivity contribution in [1.29, 1.82) is 4.78 Å². The predicted octanol–water partition coefficient (Wildman–Crippen LogP) is 1.17. The highest BCUT2D eigenvalue weighted by Crippen LogP contribution is 2.16. The van der Waals surface area contributed by atoms with E-state index >= 15 is 0 Å². The molecule has 22 heavy (non-hydrogen) atoms. The average molecular weight is 328 g/mol. The maximum atomic E-state index is 11.5. The zero-order valence-electron chi connectivity index (χ0n) is 12.6. The molecule has 7 nitrogen and oxygen atoms in total. The maximum Gasteiger partial charge on any atom is 0.325 e. The second-order valence-electron chi connectivity index (χ2n) is 4.62. The molecular formula is C14H20N2O5S. The van der Waals surface area contributed by atoms with Crippen LogP contribution < -0.4 is 10.1 Å². The highest BCUT2D eigenvalue weighted by Gasteiger charge is 2.06. The fourth-order valence-corrected chi connectivity index (χ4v) is 2.21. The quantitative estimate of drug-likeness (QED) is 0.550. The van der Waals surface area contributed by atoms with Crippen molar-refractivity contribution in [2.45, 2.75) is 17.7 Å². The van der Waals surface area contributed by atoms with Crippen molar-refractivity contribution in [2.24, 2.45) is 0 Å². The number of benzene rings is 1. The van der Waals surface area contributed by atoms with Crippen LogP contribution in [-0.4, -0.2) is 42.6 Å². The second-order valence-corrected chi connectivity index (χ2v) is 6.78. The Hall–Kier alpha value is -2.09. The van der Waals surface area contributed by atoms with E-state index in [1.54, 1.807) is 24.3 Å². The summed E-state index contributed by atoms with van der Waals surface area (Å²) in [6.07, 6.45) is 2.10. The van der Waals surface area contributed by atoms with Gasteiger partial charge in [-0.3, -0.25) is 9.59 Å². The number of carbonyl (C=O) groups excluding carboxylic acids is 2. The van der Waals surface area contributed by atoms with Gasteiger partial charge in [-0.1, -0.05) is 0 Å². The number of esters is 1. The van der Waals surface area contributed by atoms with Crippen LogP contribution in [0.1, 0.15) is 12.8 Å². The summed E-state index contributed by atoms with van der Waals surface area (Å²) in [6.45, 7) is 0.203. The van der Waals surface area contributed by atoms with Crippen LogP contribution in [-0.2, 0) is 24.1 Å². The Labute approximate surface area is 130 Å². The van der Waals surface area contributed by atoms with Crippen molar-refractivity contribution in [1.82, 2.24) is 5.32 Å².